The molecule has 2 heterocycles. The Morgan fingerprint density at radius 2 is 2.00 bits per heavy atom. The van der Waals surface area contributed by atoms with Crippen LogP contribution in [0.3, 0.4) is 0 Å². The molecule has 2 heteroatoms. The van der Waals surface area contributed by atoms with E-state index in [0.717, 1.165) is 18.2 Å². The molecule has 0 aliphatic carbocycles. The van der Waals surface area contributed by atoms with Crippen LogP contribution in [0.1, 0.15) is 20.8 Å². The van der Waals surface area contributed by atoms with E-state index in [0.29, 0.717) is 0 Å². The van der Waals surface area contributed by atoms with Crippen LogP contribution in [0.5, 0.6) is 0 Å². The third-order valence-electron chi connectivity index (χ3n) is 2.71. The molecule has 0 radical (unpaired) electrons. The van der Waals surface area contributed by atoms with Crippen LogP contribution in [0.25, 0.3) is 0 Å². The Balaban J connectivity index is 2.01. The average molecular weight is 140 g/mol. The van der Waals surface area contributed by atoms with E-state index in [1.54, 1.807) is 0 Å². The molecular weight excluding hydrogens is 124 g/mol. The fourth-order valence-electron chi connectivity index (χ4n) is 2.00. The van der Waals surface area contributed by atoms with Gasteiger partial charge in [-0.15, -0.1) is 0 Å². The molecule has 0 aromatic heterocycles. The number of hydrogen-bond donors (Lipinski definition) is 0. The lowest BCUT2D eigenvalue weighted by Crippen LogP contribution is -2.33. The third kappa shape index (κ3) is 0.789. The highest BCUT2D eigenvalue weighted by atomic mass is 15.5. The van der Waals surface area contributed by atoms with Gasteiger partial charge in [-0.3, -0.25) is 9.80 Å². The summed E-state index contributed by atoms with van der Waals surface area (Å²) in [6, 6.07) is 1.55. The van der Waals surface area contributed by atoms with Crippen molar-refractivity contribution in [2.24, 2.45) is 0 Å². The Morgan fingerprint density at radius 3 is 2.20 bits per heavy atom. The molecular formula is C8H16N2. The van der Waals surface area contributed by atoms with Gasteiger partial charge in [0.25, 0.3) is 0 Å². The average Bonchev–Trinajstić information content (AvgIpc) is 2.55. The van der Waals surface area contributed by atoms with Gasteiger partial charge in [0.1, 0.15) is 0 Å². The van der Waals surface area contributed by atoms with Gasteiger partial charge < -0.3 is 0 Å². The van der Waals surface area contributed by atoms with Crippen molar-refractivity contribution in [1.29, 1.82) is 0 Å². The molecule has 2 fully saturated rings. The molecule has 0 aromatic carbocycles. The summed E-state index contributed by atoms with van der Waals surface area (Å²) in [5.41, 5.74) is 0. The Labute approximate surface area is 62.8 Å². The fraction of sp³-hybridized carbons (Fsp3) is 1.00. The van der Waals surface area contributed by atoms with Crippen molar-refractivity contribution >= 4 is 0 Å². The minimum atomic E-state index is 0.736. The topological polar surface area (TPSA) is 6.25 Å². The smallest absolute Gasteiger partial charge is 0.0760 e. The van der Waals surface area contributed by atoms with Gasteiger partial charge in [0.2, 0.25) is 0 Å². The highest BCUT2D eigenvalue weighted by Crippen LogP contribution is 2.33. The first-order chi connectivity index (χ1) is 4.70. The van der Waals surface area contributed by atoms with Crippen LogP contribution in [0.15, 0.2) is 0 Å². The zero-order chi connectivity index (χ0) is 7.30. The van der Waals surface area contributed by atoms with Gasteiger partial charge >= 0.3 is 0 Å². The molecule has 0 amide bonds. The van der Waals surface area contributed by atoms with Crippen LogP contribution in [0.2, 0.25) is 0 Å². The van der Waals surface area contributed by atoms with Crippen molar-refractivity contribution in [2.45, 2.75) is 39.0 Å². The van der Waals surface area contributed by atoms with Gasteiger partial charge in [0.15, 0.2) is 0 Å². The molecule has 0 bridgehead atoms. The summed E-state index contributed by atoms with van der Waals surface area (Å²) in [6.07, 6.45) is 0.815. The number of rotatable bonds is 1. The molecule has 0 saturated carbocycles. The van der Waals surface area contributed by atoms with Gasteiger partial charge in [-0.2, -0.15) is 0 Å². The molecule has 2 aliphatic heterocycles. The van der Waals surface area contributed by atoms with Crippen molar-refractivity contribution in [1.82, 2.24) is 9.80 Å². The molecule has 2 saturated heterocycles. The van der Waals surface area contributed by atoms with E-state index in [-0.39, 0.29) is 0 Å². The van der Waals surface area contributed by atoms with Crippen LogP contribution < -0.4 is 0 Å². The maximum absolute atomic E-state index is 2.59. The first kappa shape index (κ1) is 6.62. The lowest BCUT2D eigenvalue weighted by molar-refractivity contribution is 0.241. The van der Waals surface area contributed by atoms with Gasteiger partial charge in [0.05, 0.1) is 6.17 Å². The minimum absolute atomic E-state index is 0.736. The van der Waals surface area contributed by atoms with Gasteiger partial charge in [0, 0.05) is 25.2 Å². The minimum Gasteiger partial charge on any atom is -0.283 e. The summed E-state index contributed by atoms with van der Waals surface area (Å²) < 4.78 is 0. The van der Waals surface area contributed by atoms with Gasteiger partial charge in [-0.25, -0.2) is 0 Å². The number of piperazine rings is 1. The molecule has 2 rings (SSSR count). The van der Waals surface area contributed by atoms with Gasteiger partial charge in [-0.1, -0.05) is 0 Å². The van der Waals surface area contributed by atoms with E-state index >= 15 is 0 Å². The molecule has 2 nitrogen and oxygen atoms in total. The van der Waals surface area contributed by atoms with E-state index in [1.807, 2.05) is 0 Å². The molecule has 3 unspecified atom stereocenters. The molecule has 0 spiro atoms. The monoisotopic (exact) mass is 140 g/mol. The molecule has 2 aliphatic rings. The predicted molar refractivity (Wildman–Crippen MR) is 41.8 cm³/mol. The van der Waals surface area contributed by atoms with Crippen LogP contribution in [0.4, 0.5) is 0 Å². The van der Waals surface area contributed by atoms with Crippen LogP contribution in [-0.4, -0.2) is 41.1 Å². The van der Waals surface area contributed by atoms with E-state index in [2.05, 4.69) is 30.6 Å². The van der Waals surface area contributed by atoms with Crippen molar-refractivity contribution in [2.75, 3.05) is 13.1 Å². The Kier molecular flexibility index (Phi) is 1.29. The second-order valence-electron chi connectivity index (χ2n) is 3.82. The van der Waals surface area contributed by atoms with E-state index in [1.165, 1.54) is 13.1 Å². The SMILES string of the molecule is CC(C)N1CC(C)N2CC12. The summed E-state index contributed by atoms with van der Waals surface area (Å²) in [5, 5.41) is 0. The van der Waals surface area contributed by atoms with Crippen molar-refractivity contribution in [3.8, 4) is 0 Å². The number of hydrogen-bond acceptors (Lipinski definition) is 2. The van der Waals surface area contributed by atoms with Crippen LogP contribution in [0, 0.1) is 0 Å². The largest absolute Gasteiger partial charge is 0.283 e. The maximum Gasteiger partial charge on any atom is 0.0760 e. The predicted octanol–water partition coefficient (Wildman–Crippen LogP) is 0.741. The van der Waals surface area contributed by atoms with E-state index in [9.17, 15) is 0 Å². The highest BCUT2D eigenvalue weighted by molar-refractivity contribution is 5.01. The molecule has 58 valence electrons. The fourth-order valence-corrected chi connectivity index (χ4v) is 2.00. The quantitative estimate of drug-likeness (QED) is 0.496. The second-order valence-corrected chi connectivity index (χ2v) is 3.82. The normalized spacial score (nSPS) is 46.2. The van der Waals surface area contributed by atoms with Crippen molar-refractivity contribution in [3.63, 3.8) is 0 Å². The molecule has 10 heavy (non-hydrogen) atoms. The van der Waals surface area contributed by atoms with E-state index < -0.39 is 0 Å². The third-order valence-corrected chi connectivity index (χ3v) is 2.71. The zero-order valence-corrected chi connectivity index (χ0v) is 7.04. The number of fused-ring (bicyclic) bond motifs is 1. The van der Waals surface area contributed by atoms with Crippen molar-refractivity contribution in [3.05, 3.63) is 0 Å². The Hall–Kier alpha value is -0.0800. The lowest BCUT2D eigenvalue weighted by Gasteiger charge is -2.21. The van der Waals surface area contributed by atoms with E-state index in [4.69, 9.17) is 0 Å². The Bertz CT molecular complexity index is 144. The summed E-state index contributed by atoms with van der Waals surface area (Å²) in [5.74, 6) is 0. The first-order valence-electron chi connectivity index (χ1n) is 4.21. The zero-order valence-electron chi connectivity index (χ0n) is 7.04. The van der Waals surface area contributed by atoms with Crippen LogP contribution >= 0.6 is 0 Å². The summed E-state index contributed by atoms with van der Waals surface area (Å²) in [7, 11) is 0. The number of nitrogens with zero attached hydrogens (tertiary/aromatic N) is 2. The van der Waals surface area contributed by atoms with Crippen LogP contribution in [-0.2, 0) is 0 Å². The molecule has 3 atom stereocenters. The summed E-state index contributed by atoms with van der Waals surface area (Å²) in [4.78, 5) is 5.14. The maximum atomic E-state index is 2.59. The summed E-state index contributed by atoms with van der Waals surface area (Å²) in [6.45, 7) is 9.49. The first-order valence-corrected chi connectivity index (χ1v) is 4.21. The van der Waals surface area contributed by atoms with Crippen molar-refractivity contribution < 1.29 is 0 Å². The highest BCUT2D eigenvalue weighted by Gasteiger charge is 2.49. The summed E-state index contributed by atoms with van der Waals surface area (Å²) >= 11 is 0. The van der Waals surface area contributed by atoms with Gasteiger partial charge in [-0.05, 0) is 20.8 Å². The molecule has 0 N–H and O–H groups in total. The molecule has 0 aromatic rings. The Morgan fingerprint density at radius 1 is 1.30 bits per heavy atom. The standard InChI is InChI=1S/C8H16N2/c1-6(2)9-4-7(3)10-5-8(9)10/h6-8H,4-5H2,1-3H3. The lowest BCUT2D eigenvalue weighted by atomic mass is 10.3. The second kappa shape index (κ2) is 1.95.